The van der Waals surface area contributed by atoms with Gasteiger partial charge in [0.25, 0.3) is 11.8 Å². The number of benzene rings is 1. The maximum absolute atomic E-state index is 13.0. The largest absolute Gasteiger partial charge is 0.346 e. The smallest absolute Gasteiger partial charge is 0.277 e. The molecule has 3 nitrogen and oxygen atoms in total. The van der Waals surface area contributed by atoms with Crippen molar-refractivity contribution in [1.29, 1.82) is 0 Å². The lowest BCUT2D eigenvalue weighted by atomic mass is 9.90. The lowest BCUT2D eigenvalue weighted by Crippen LogP contribution is -2.41. The highest BCUT2D eigenvalue weighted by Crippen LogP contribution is 2.22. The highest BCUT2D eigenvalue weighted by molar-refractivity contribution is 5.94. The molecule has 0 fully saturated rings. The second-order valence-electron chi connectivity index (χ2n) is 4.93. The minimum absolute atomic E-state index is 0.438. The van der Waals surface area contributed by atoms with Crippen molar-refractivity contribution in [3.8, 4) is 0 Å². The van der Waals surface area contributed by atoms with Crippen molar-refractivity contribution in [2.75, 3.05) is 13.1 Å². The number of nitrogens with one attached hydrogen (secondary N) is 1. The molecule has 1 aromatic rings. The van der Waals surface area contributed by atoms with Gasteiger partial charge in [0.2, 0.25) is 0 Å². The van der Waals surface area contributed by atoms with Crippen molar-refractivity contribution in [3.05, 3.63) is 34.9 Å². The third-order valence-electron chi connectivity index (χ3n) is 3.42. The average molecular weight is 268 g/mol. The third-order valence-corrected chi connectivity index (χ3v) is 3.42. The van der Waals surface area contributed by atoms with Crippen LogP contribution in [0.2, 0.25) is 0 Å². The second-order valence-corrected chi connectivity index (χ2v) is 4.93. The number of fused-ring (bicyclic) bond motifs is 1. The van der Waals surface area contributed by atoms with E-state index in [1.807, 2.05) is 12.1 Å². The van der Waals surface area contributed by atoms with Crippen LogP contribution in [0.4, 0.5) is 8.78 Å². The summed E-state index contributed by atoms with van der Waals surface area (Å²) in [7, 11) is 0. The molecule has 2 rings (SSSR count). The van der Waals surface area contributed by atoms with E-state index in [0.29, 0.717) is 5.56 Å². The summed E-state index contributed by atoms with van der Waals surface area (Å²) in [5.41, 5.74) is 7.78. The number of halogens is 2. The summed E-state index contributed by atoms with van der Waals surface area (Å²) in [4.78, 5) is 11.8. The summed E-state index contributed by atoms with van der Waals surface area (Å²) in [5, 5.41) is 2.23. The Balaban J connectivity index is 2.03. The highest BCUT2D eigenvalue weighted by Gasteiger charge is 2.27. The minimum Gasteiger partial charge on any atom is -0.346 e. The van der Waals surface area contributed by atoms with E-state index in [2.05, 4.69) is 5.32 Å². The van der Waals surface area contributed by atoms with Crippen molar-refractivity contribution in [2.45, 2.75) is 31.6 Å². The zero-order valence-corrected chi connectivity index (χ0v) is 10.7. The summed E-state index contributed by atoms with van der Waals surface area (Å²) in [6.07, 6.45) is 4.27. The van der Waals surface area contributed by atoms with E-state index in [1.54, 1.807) is 6.07 Å². The molecule has 0 spiro atoms. The molecule has 19 heavy (non-hydrogen) atoms. The molecule has 3 N–H and O–H groups in total. The number of alkyl halides is 2. The molecule has 104 valence electrons. The van der Waals surface area contributed by atoms with Crippen molar-refractivity contribution >= 4 is 5.91 Å². The second kappa shape index (κ2) is 5.65. The fourth-order valence-corrected chi connectivity index (χ4v) is 2.26. The van der Waals surface area contributed by atoms with E-state index < -0.39 is 24.9 Å². The number of hydrogen-bond donors (Lipinski definition) is 2. The van der Waals surface area contributed by atoms with Crippen LogP contribution in [0.15, 0.2) is 18.2 Å². The van der Waals surface area contributed by atoms with Gasteiger partial charge in [0.15, 0.2) is 0 Å². The van der Waals surface area contributed by atoms with E-state index >= 15 is 0 Å². The molecule has 0 atom stereocenters. The number of hydrogen-bond acceptors (Lipinski definition) is 2. The molecule has 1 aliphatic carbocycles. The molecule has 0 saturated carbocycles. The number of carbonyl (C=O) groups excluding carboxylic acids is 1. The first-order chi connectivity index (χ1) is 9.02. The maximum Gasteiger partial charge on any atom is 0.277 e. The highest BCUT2D eigenvalue weighted by atomic mass is 19.3. The molecule has 0 aliphatic heterocycles. The van der Waals surface area contributed by atoms with Crippen LogP contribution >= 0.6 is 0 Å². The van der Waals surface area contributed by atoms with Gasteiger partial charge in [-0.3, -0.25) is 4.79 Å². The van der Waals surface area contributed by atoms with E-state index in [4.69, 9.17) is 5.73 Å². The summed E-state index contributed by atoms with van der Waals surface area (Å²) < 4.78 is 25.9. The zero-order chi connectivity index (χ0) is 13.9. The first kappa shape index (κ1) is 13.9. The van der Waals surface area contributed by atoms with E-state index in [9.17, 15) is 13.6 Å². The lowest BCUT2D eigenvalue weighted by Gasteiger charge is -2.17. The maximum atomic E-state index is 13.0. The van der Waals surface area contributed by atoms with E-state index in [1.165, 1.54) is 12.0 Å². The van der Waals surface area contributed by atoms with Crippen LogP contribution in [-0.2, 0) is 12.8 Å². The van der Waals surface area contributed by atoms with Crippen molar-refractivity contribution in [1.82, 2.24) is 5.32 Å². The molecular formula is C14H18F2N2O. The molecule has 5 heteroatoms. The molecule has 0 unspecified atom stereocenters. The van der Waals surface area contributed by atoms with Gasteiger partial charge in [0, 0.05) is 5.56 Å². The molecule has 1 aliphatic rings. The van der Waals surface area contributed by atoms with Crippen LogP contribution in [0, 0.1) is 0 Å². The van der Waals surface area contributed by atoms with Gasteiger partial charge in [-0.15, -0.1) is 0 Å². The van der Waals surface area contributed by atoms with Crippen molar-refractivity contribution in [2.24, 2.45) is 5.73 Å². The summed E-state index contributed by atoms with van der Waals surface area (Å²) in [5.74, 6) is -3.52. The molecule has 0 radical (unpaired) electrons. The standard InChI is InChI=1S/C14H18F2N2O/c15-14(16,8-17)9-18-13(19)12-6-5-10-3-1-2-4-11(10)7-12/h5-7H,1-4,8-9,17H2,(H,18,19). The molecule has 0 saturated heterocycles. The van der Waals surface area contributed by atoms with Crippen LogP contribution in [-0.4, -0.2) is 24.9 Å². The molecule has 1 amide bonds. The zero-order valence-electron chi connectivity index (χ0n) is 10.7. The first-order valence-electron chi connectivity index (χ1n) is 6.50. The monoisotopic (exact) mass is 268 g/mol. The van der Waals surface area contributed by atoms with Gasteiger partial charge >= 0.3 is 0 Å². The van der Waals surface area contributed by atoms with Crippen LogP contribution in [0.5, 0.6) is 0 Å². The Morgan fingerprint density at radius 1 is 1.26 bits per heavy atom. The predicted octanol–water partition coefficient (Wildman–Crippen LogP) is 1.89. The topological polar surface area (TPSA) is 55.1 Å². The van der Waals surface area contributed by atoms with Crippen LogP contribution in [0.25, 0.3) is 0 Å². The van der Waals surface area contributed by atoms with Gasteiger partial charge < -0.3 is 11.1 Å². The summed E-state index contributed by atoms with van der Waals surface area (Å²) in [6.45, 7) is -1.49. The summed E-state index contributed by atoms with van der Waals surface area (Å²) >= 11 is 0. The van der Waals surface area contributed by atoms with Crippen LogP contribution in [0.3, 0.4) is 0 Å². The predicted molar refractivity (Wildman–Crippen MR) is 69.4 cm³/mol. The number of aryl methyl sites for hydroxylation is 2. The Kier molecular flexibility index (Phi) is 4.14. The summed E-state index contributed by atoms with van der Waals surface area (Å²) in [6, 6.07) is 5.43. The number of nitrogens with two attached hydrogens (primary N) is 1. The van der Waals surface area contributed by atoms with Crippen LogP contribution in [0.1, 0.15) is 34.3 Å². The SMILES string of the molecule is NCC(F)(F)CNC(=O)c1ccc2c(c1)CCCC2. The number of amides is 1. The average Bonchev–Trinajstić information content (AvgIpc) is 2.44. The lowest BCUT2D eigenvalue weighted by molar-refractivity contribution is 0.0118. The molecule has 1 aromatic carbocycles. The fourth-order valence-electron chi connectivity index (χ4n) is 2.26. The van der Waals surface area contributed by atoms with E-state index in [-0.39, 0.29) is 0 Å². The van der Waals surface area contributed by atoms with Gasteiger partial charge in [0.1, 0.15) is 0 Å². The minimum atomic E-state index is -3.05. The van der Waals surface area contributed by atoms with E-state index in [0.717, 1.165) is 24.8 Å². The normalized spacial score (nSPS) is 14.9. The Bertz CT molecular complexity index is 475. The van der Waals surface area contributed by atoms with Crippen LogP contribution < -0.4 is 11.1 Å². The Morgan fingerprint density at radius 3 is 2.63 bits per heavy atom. The molecule has 0 aromatic heterocycles. The van der Waals surface area contributed by atoms with Gasteiger partial charge in [0.05, 0.1) is 13.1 Å². The Morgan fingerprint density at radius 2 is 1.95 bits per heavy atom. The van der Waals surface area contributed by atoms with Gasteiger partial charge in [-0.05, 0) is 48.9 Å². The Labute approximate surface area is 111 Å². The first-order valence-corrected chi connectivity index (χ1v) is 6.50. The number of carbonyl (C=O) groups is 1. The van der Waals surface area contributed by atoms with Crippen molar-refractivity contribution < 1.29 is 13.6 Å². The molecule has 0 heterocycles. The van der Waals surface area contributed by atoms with Gasteiger partial charge in [-0.2, -0.15) is 0 Å². The Hall–Kier alpha value is -1.49. The molecule has 0 bridgehead atoms. The molecular weight excluding hydrogens is 250 g/mol. The quantitative estimate of drug-likeness (QED) is 0.876. The van der Waals surface area contributed by atoms with Gasteiger partial charge in [-0.1, -0.05) is 6.07 Å². The fraction of sp³-hybridized carbons (Fsp3) is 0.500. The third kappa shape index (κ3) is 3.50. The van der Waals surface area contributed by atoms with Crippen molar-refractivity contribution in [3.63, 3.8) is 0 Å². The van der Waals surface area contributed by atoms with Gasteiger partial charge in [-0.25, -0.2) is 8.78 Å². The number of rotatable bonds is 4.